The fourth-order valence-electron chi connectivity index (χ4n) is 2.26. The molecule has 114 valence electrons. The number of fused-ring (bicyclic) bond motifs is 1. The van der Waals surface area contributed by atoms with Gasteiger partial charge in [0.05, 0.1) is 12.2 Å². The highest BCUT2D eigenvalue weighted by Gasteiger charge is 2.18. The van der Waals surface area contributed by atoms with Gasteiger partial charge in [0.2, 0.25) is 0 Å². The van der Waals surface area contributed by atoms with Crippen LogP contribution < -0.4 is 15.4 Å². The van der Waals surface area contributed by atoms with Gasteiger partial charge in [-0.25, -0.2) is 0 Å². The lowest BCUT2D eigenvalue weighted by Crippen LogP contribution is -2.36. The summed E-state index contributed by atoms with van der Waals surface area (Å²) in [5.74, 6) is 0.118. The molecule has 1 aliphatic heterocycles. The fourth-order valence-corrected chi connectivity index (χ4v) is 2.26. The van der Waals surface area contributed by atoms with E-state index in [0.29, 0.717) is 23.5 Å². The van der Waals surface area contributed by atoms with Gasteiger partial charge in [0.1, 0.15) is 5.75 Å². The first-order valence-corrected chi connectivity index (χ1v) is 6.97. The topological polar surface area (TPSA) is 85.2 Å². The van der Waals surface area contributed by atoms with Crippen LogP contribution >= 0.6 is 0 Å². The lowest BCUT2D eigenvalue weighted by atomic mass is 10.1. The maximum atomic E-state index is 12.3. The molecule has 22 heavy (non-hydrogen) atoms. The minimum atomic E-state index is -0.197. The summed E-state index contributed by atoms with van der Waals surface area (Å²) < 4.78 is 7.07. The number of hydrogen-bond acceptors (Lipinski definition) is 4. The van der Waals surface area contributed by atoms with E-state index in [-0.39, 0.29) is 24.5 Å². The lowest BCUT2D eigenvalue weighted by molar-refractivity contribution is -0.118. The standard InChI is InChI=1S/C15H16N4O3/c1-10(8-19-6-2-5-16-19)17-15(21)11-3-4-12-13(7-11)22-9-14(20)18-12/h2-7,10H,8-9H2,1H3,(H,17,21)(H,18,20)/t10-/m1/s1. The number of carbonyl (C=O) groups is 2. The van der Waals surface area contributed by atoms with Crippen LogP contribution in [-0.2, 0) is 11.3 Å². The Kier molecular flexibility index (Phi) is 3.78. The number of rotatable bonds is 4. The molecule has 0 saturated heterocycles. The Morgan fingerprint density at radius 2 is 2.41 bits per heavy atom. The van der Waals surface area contributed by atoms with Crippen molar-refractivity contribution in [1.82, 2.24) is 15.1 Å². The van der Waals surface area contributed by atoms with Gasteiger partial charge in [-0.15, -0.1) is 0 Å². The SMILES string of the molecule is C[C@H](Cn1cccn1)NC(=O)c1ccc2c(c1)OCC(=O)N2. The van der Waals surface area contributed by atoms with Gasteiger partial charge in [-0.2, -0.15) is 5.10 Å². The summed E-state index contributed by atoms with van der Waals surface area (Å²) in [4.78, 5) is 23.5. The van der Waals surface area contributed by atoms with Crippen LogP contribution in [0.15, 0.2) is 36.7 Å². The molecule has 0 bridgehead atoms. The molecule has 0 radical (unpaired) electrons. The van der Waals surface area contributed by atoms with Crippen LogP contribution in [0.1, 0.15) is 17.3 Å². The molecule has 1 aromatic carbocycles. The van der Waals surface area contributed by atoms with Crippen molar-refractivity contribution < 1.29 is 14.3 Å². The number of carbonyl (C=O) groups excluding carboxylic acids is 2. The number of anilines is 1. The van der Waals surface area contributed by atoms with Gasteiger partial charge >= 0.3 is 0 Å². The molecule has 3 rings (SSSR count). The third kappa shape index (κ3) is 3.08. The molecule has 1 atom stereocenters. The monoisotopic (exact) mass is 300 g/mol. The summed E-state index contributed by atoms with van der Waals surface area (Å²) in [5, 5.41) is 9.70. The van der Waals surface area contributed by atoms with E-state index < -0.39 is 0 Å². The zero-order valence-electron chi connectivity index (χ0n) is 12.1. The van der Waals surface area contributed by atoms with Crippen molar-refractivity contribution in [2.75, 3.05) is 11.9 Å². The van der Waals surface area contributed by atoms with Crippen molar-refractivity contribution in [3.63, 3.8) is 0 Å². The second-order valence-electron chi connectivity index (χ2n) is 5.15. The van der Waals surface area contributed by atoms with E-state index >= 15 is 0 Å². The number of nitrogens with one attached hydrogen (secondary N) is 2. The van der Waals surface area contributed by atoms with E-state index in [9.17, 15) is 9.59 Å². The van der Waals surface area contributed by atoms with E-state index in [2.05, 4.69) is 15.7 Å². The molecule has 2 N–H and O–H groups in total. The Bertz CT molecular complexity index is 697. The molecular weight excluding hydrogens is 284 g/mol. The number of ether oxygens (including phenoxy) is 1. The van der Waals surface area contributed by atoms with Crippen molar-refractivity contribution in [2.24, 2.45) is 0 Å². The second kappa shape index (κ2) is 5.88. The summed E-state index contributed by atoms with van der Waals surface area (Å²) in [5.41, 5.74) is 1.07. The molecular formula is C15H16N4O3. The molecule has 0 fully saturated rings. The van der Waals surface area contributed by atoms with Gasteiger partial charge in [0, 0.05) is 24.0 Å². The van der Waals surface area contributed by atoms with Crippen LogP contribution in [0, 0.1) is 0 Å². The zero-order valence-corrected chi connectivity index (χ0v) is 12.1. The predicted molar refractivity (Wildman–Crippen MR) is 79.7 cm³/mol. The highest BCUT2D eigenvalue weighted by molar-refractivity contribution is 5.99. The highest BCUT2D eigenvalue weighted by Crippen LogP contribution is 2.28. The van der Waals surface area contributed by atoms with Crippen molar-refractivity contribution in [1.29, 1.82) is 0 Å². The van der Waals surface area contributed by atoms with Crippen molar-refractivity contribution in [3.8, 4) is 5.75 Å². The molecule has 2 aromatic rings. The lowest BCUT2D eigenvalue weighted by Gasteiger charge is -2.19. The molecule has 7 heteroatoms. The first kappa shape index (κ1) is 14.1. The van der Waals surface area contributed by atoms with Crippen molar-refractivity contribution in [2.45, 2.75) is 19.5 Å². The van der Waals surface area contributed by atoms with E-state index in [1.54, 1.807) is 29.1 Å². The Morgan fingerprint density at radius 1 is 1.55 bits per heavy atom. The normalized spacial score (nSPS) is 14.5. The van der Waals surface area contributed by atoms with Crippen molar-refractivity contribution >= 4 is 17.5 Å². The Hall–Kier alpha value is -2.83. The van der Waals surface area contributed by atoms with Gasteiger partial charge in [0.15, 0.2) is 6.61 Å². The summed E-state index contributed by atoms with van der Waals surface area (Å²) in [6.07, 6.45) is 3.54. The van der Waals surface area contributed by atoms with E-state index in [4.69, 9.17) is 4.74 Å². The molecule has 1 aliphatic rings. The van der Waals surface area contributed by atoms with Gasteiger partial charge in [-0.05, 0) is 31.2 Å². The molecule has 2 amide bonds. The van der Waals surface area contributed by atoms with E-state index in [1.807, 2.05) is 19.2 Å². The quantitative estimate of drug-likeness (QED) is 0.883. The summed E-state index contributed by atoms with van der Waals surface area (Å²) >= 11 is 0. The number of hydrogen-bond donors (Lipinski definition) is 2. The Balaban J connectivity index is 1.66. The summed E-state index contributed by atoms with van der Waals surface area (Å²) in [6, 6.07) is 6.72. The number of amides is 2. The minimum Gasteiger partial charge on any atom is -0.482 e. The molecule has 0 aliphatic carbocycles. The third-order valence-corrected chi connectivity index (χ3v) is 3.27. The maximum absolute atomic E-state index is 12.3. The highest BCUT2D eigenvalue weighted by atomic mass is 16.5. The number of benzene rings is 1. The van der Waals surface area contributed by atoms with Crippen LogP contribution in [0.4, 0.5) is 5.69 Å². The van der Waals surface area contributed by atoms with Crippen molar-refractivity contribution in [3.05, 3.63) is 42.2 Å². The average Bonchev–Trinajstić information content (AvgIpc) is 2.99. The first-order valence-electron chi connectivity index (χ1n) is 6.97. The molecule has 0 spiro atoms. The van der Waals surface area contributed by atoms with Crippen LogP contribution in [0.2, 0.25) is 0 Å². The average molecular weight is 300 g/mol. The van der Waals surface area contributed by atoms with Crippen LogP contribution in [0.3, 0.4) is 0 Å². The molecule has 2 heterocycles. The minimum absolute atomic E-state index is 0.0340. The predicted octanol–water partition coefficient (Wildman–Crippen LogP) is 1.03. The van der Waals surface area contributed by atoms with Crippen LogP contribution in [-0.4, -0.2) is 34.2 Å². The van der Waals surface area contributed by atoms with Crippen LogP contribution in [0.5, 0.6) is 5.75 Å². The fraction of sp³-hybridized carbons (Fsp3) is 0.267. The van der Waals surface area contributed by atoms with Gasteiger partial charge in [0.25, 0.3) is 11.8 Å². The van der Waals surface area contributed by atoms with Crippen LogP contribution in [0.25, 0.3) is 0 Å². The largest absolute Gasteiger partial charge is 0.482 e. The van der Waals surface area contributed by atoms with Gasteiger partial charge in [-0.3, -0.25) is 14.3 Å². The molecule has 7 nitrogen and oxygen atoms in total. The van der Waals surface area contributed by atoms with E-state index in [1.165, 1.54) is 0 Å². The van der Waals surface area contributed by atoms with Gasteiger partial charge in [-0.1, -0.05) is 0 Å². The van der Waals surface area contributed by atoms with Gasteiger partial charge < -0.3 is 15.4 Å². The molecule has 1 aromatic heterocycles. The second-order valence-corrected chi connectivity index (χ2v) is 5.15. The molecule has 0 saturated carbocycles. The summed E-state index contributed by atoms with van der Waals surface area (Å²) in [6.45, 7) is 2.47. The van der Waals surface area contributed by atoms with E-state index in [0.717, 1.165) is 0 Å². The Morgan fingerprint density at radius 3 is 3.18 bits per heavy atom. The third-order valence-electron chi connectivity index (χ3n) is 3.27. The smallest absolute Gasteiger partial charge is 0.262 e. The first-order chi connectivity index (χ1) is 10.6. The zero-order chi connectivity index (χ0) is 15.5. The number of nitrogens with zero attached hydrogens (tertiary/aromatic N) is 2. The summed E-state index contributed by atoms with van der Waals surface area (Å²) in [7, 11) is 0. The maximum Gasteiger partial charge on any atom is 0.262 e. The Labute approximate surface area is 127 Å². The molecule has 0 unspecified atom stereocenters. The number of aromatic nitrogens is 2.